The fourth-order valence-corrected chi connectivity index (χ4v) is 4.34. The predicted octanol–water partition coefficient (Wildman–Crippen LogP) is 4.37. The summed E-state index contributed by atoms with van der Waals surface area (Å²) in [6.07, 6.45) is 1.62. The van der Waals surface area contributed by atoms with Crippen LogP contribution in [0.1, 0.15) is 48.3 Å². The number of rotatable bonds is 10. The van der Waals surface area contributed by atoms with Gasteiger partial charge in [-0.15, -0.1) is 11.3 Å². The molecule has 0 saturated carbocycles. The average Bonchev–Trinajstić information content (AvgIpc) is 3.21. The van der Waals surface area contributed by atoms with Gasteiger partial charge in [-0.05, 0) is 50.6 Å². The van der Waals surface area contributed by atoms with E-state index in [0.29, 0.717) is 5.69 Å². The Morgan fingerprint density at radius 1 is 1.20 bits per heavy atom. The summed E-state index contributed by atoms with van der Waals surface area (Å²) in [4.78, 5) is 33.2. The van der Waals surface area contributed by atoms with Crippen molar-refractivity contribution in [2.75, 3.05) is 13.7 Å². The number of hydrogen-bond donors (Lipinski definition) is 2. The highest BCUT2D eigenvalue weighted by Crippen LogP contribution is 2.28. The van der Waals surface area contributed by atoms with Gasteiger partial charge in [0, 0.05) is 40.5 Å². The van der Waals surface area contributed by atoms with Gasteiger partial charge < -0.3 is 19.9 Å². The first-order valence-electron chi connectivity index (χ1n) is 11.5. The SMILES string of the molecule is CCc1cc(-c2nc(C(=O)NCCC(OC(C)C)C(=O)O)c(C)s2)ccn1.COc1cc2ccc1=2. The number of aromatic nitrogens is 2. The third kappa shape index (κ3) is 6.64. The number of carboxylic acid groups (broad SMARTS) is 1. The molecule has 1 unspecified atom stereocenters. The standard InChI is InChI=1S/C19H25N3O4S.C7H6O/c1-5-14-10-13(6-8-20-14)18-22-16(12(4)27-18)17(23)21-9-7-15(19(24)25)26-11(2)3;1-8-7-4-5-2-3-6(5)7/h6,8,10-11,15H,5,7,9H2,1-4H3,(H,21,23)(H,24,25);2-4H,1H3. The van der Waals surface area contributed by atoms with Crippen molar-refractivity contribution in [1.29, 1.82) is 0 Å². The summed E-state index contributed by atoms with van der Waals surface area (Å²) in [7, 11) is 1.70. The number of carboxylic acids is 1. The van der Waals surface area contributed by atoms with Crippen LogP contribution >= 0.6 is 11.3 Å². The summed E-state index contributed by atoms with van der Waals surface area (Å²) >= 11 is 1.45. The lowest BCUT2D eigenvalue weighted by atomic mass is 10.1. The van der Waals surface area contributed by atoms with Crippen LogP contribution in [0.5, 0.6) is 5.75 Å². The molecule has 2 aliphatic rings. The average molecular weight is 498 g/mol. The molecule has 2 N–H and O–H groups in total. The third-order valence-electron chi connectivity index (χ3n) is 5.35. The fraction of sp³-hybridized carbons (Fsp3) is 0.385. The van der Waals surface area contributed by atoms with E-state index in [2.05, 4.69) is 27.4 Å². The van der Waals surface area contributed by atoms with E-state index in [-0.39, 0.29) is 25.0 Å². The van der Waals surface area contributed by atoms with Crippen LogP contribution in [0.3, 0.4) is 0 Å². The Balaban J connectivity index is 0.000000355. The summed E-state index contributed by atoms with van der Waals surface area (Å²) < 4.78 is 10.3. The van der Waals surface area contributed by atoms with Crippen LogP contribution in [-0.2, 0) is 16.0 Å². The minimum atomic E-state index is -1.03. The molecule has 0 aromatic carbocycles. The van der Waals surface area contributed by atoms with Crippen LogP contribution < -0.4 is 10.1 Å². The molecule has 0 saturated heterocycles. The van der Waals surface area contributed by atoms with Gasteiger partial charge in [-0.3, -0.25) is 9.78 Å². The fourth-order valence-electron chi connectivity index (χ4n) is 3.44. The minimum Gasteiger partial charge on any atom is -0.496 e. The van der Waals surface area contributed by atoms with E-state index in [1.54, 1.807) is 27.2 Å². The van der Waals surface area contributed by atoms with E-state index in [9.17, 15) is 9.59 Å². The van der Waals surface area contributed by atoms with E-state index in [4.69, 9.17) is 14.6 Å². The van der Waals surface area contributed by atoms with Gasteiger partial charge in [0.05, 0.1) is 13.2 Å². The number of nitrogens with zero attached hydrogens (tertiary/aromatic N) is 2. The Bertz CT molecular complexity index is 1290. The Labute approximate surface area is 208 Å². The van der Waals surface area contributed by atoms with Crippen molar-refractivity contribution >= 4 is 23.2 Å². The molecule has 2 aromatic heterocycles. The minimum absolute atomic E-state index is 0.194. The number of carbonyl (C=O) groups is 2. The van der Waals surface area contributed by atoms with Gasteiger partial charge in [0.25, 0.3) is 5.91 Å². The topological polar surface area (TPSA) is 111 Å². The lowest BCUT2D eigenvalue weighted by Crippen LogP contribution is -2.33. The van der Waals surface area contributed by atoms with Gasteiger partial charge >= 0.3 is 5.97 Å². The summed E-state index contributed by atoms with van der Waals surface area (Å²) in [6.45, 7) is 7.63. The molecular formula is C26H31N3O5S. The lowest BCUT2D eigenvalue weighted by molar-refractivity contribution is -0.153. The van der Waals surface area contributed by atoms with Crippen LogP contribution in [0.2, 0.25) is 0 Å². The van der Waals surface area contributed by atoms with Crippen LogP contribution in [0.4, 0.5) is 0 Å². The molecule has 186 valence electrons. The van der Waals surface area contributed by atoms with Gasteiger partial charge in [0.15, 0.2) is 6.10 Å². The van der Waals surface area contributed by atoms with Crippen molar-refractivity contribution in [2.24, 2.45) is 0 Å². The van der Waals surface area contributed by atoms with Gasteiger partial charge in [-0.2, -0.15) is 0 Å². The normalized spacial score (nSPS) is 11.9. The molecule has 2 heterocycles. The van der Waals surface area contributed by atoms with E-state index >= 15 is 0 Å². The van der Waals surface area contributed by atoms with Gasteiger partial charge in [-0.1, -0.05) is 19.1 Å². The maximum Gasteiger partial charge on any atom is 0.332 e. The molecule has 8 nitrogen and oxygen atoms in total. The lowest BCUT2D eigenvalue weighted by Gasteiger charge is -2.16. The number of aryl methyl sites for hydroxylation is 2. The summed E-state index contributed by atoms with van der Waals surface area (Å²) in [5, 5.41) is 15.3. The van der Waals surface area contributed by atoms with Crippen molar-refractivity contribution in [1.82, 2.24) is 15.3 Å². The highest BCUT2D eigenvalue weighted by molar-refractivity contribution is 7.15. The first-order chi connectivity index (χ1) is 16.7. The largest absolute Gasteiger partial charge is 0.496 e. The molecule has 0 radical (unpaired) electrons. The molecule has 1 amide bonds. The van der Waals surface area contributed by atoms with Gasteiger partial charge in [-0.25, -0.2) is 9.78 Å². The highest BCUT2D eigenvalue weighted by atomic mass is 32.1. The molecule has 0 aliphatic heterocycles. The van der Waals surface area contributed by atoms with Crippen molar-refractivity contribution in [2.45, 2.75) is 52.7 Å². The number of carbonyl (C=O) groups excluding carboxylic acids is 1. The van der Waals surface area contributed by atoms with Crippen molar-refractivity contribution < 1.29 is 24.2 Å². The van der Waals surface area contributed by atoms with E-state index in [1.807, 2.05) is 32.0 Å². The van der Waals surface area contributed by atoms with Crippen molar-refractivity contribution in [3.8, 4) is 16.3 Å². The first kappa shape index (κ1) is 26.3. The Morgan fingerprint density at radius 2 is 1.97 bits per heavy atom. The van der Waals surface area contributed by atoms with E-state index < -0.39 is 12.1 Å². The second kappa shape index (κ2) is 11.9. The molecule has 35 heavy (non-hydrogen) atoms. The van der Waals surface area contributed by atoms with Crippen LogP contribution in [-0.4, -0.2) is 52.8 Å². The van der Waals surface area contributed by atoms with Gasteiger partial charge in [0.1, 0.15) is 16.5 Å². The van der Waals surface area contributed by atoms with Crippen LogP contribution in [0, 0.1) is 17.4 Å². The number of aliphatic carboxylic acids is 1. The highest BCUT2D eigenvalue weighted by Gasteiger charge is 2.21. The monoisotopic (exact) mass is 497 g/mol. The molecule has 0 bridgehead atoms. The number of thiazole rings is 1. The number of nitrogens with one attached hydrogen (secondary N) is 1. The van der Waals surface area contributed by atoms with Crippen LogP contribution in [0.25, 0.3) is 10.6 Å². The maximum absolute atomic E-state index is 12.4. The number of amides is 1. The summed E-state index contributed by atoms with van der Waals surface area (Å²) in [6, 6.07) is 10.0. The Morgan fingerprint density at radius 3 is 2.49 bits per heavy atom. The molecule has 1 atom stereocenters. The predicted molar refractivity (Wildman–Crippen MR) is 135 cm³/mol. The second-order valence-electron chi connectivity index (χ2n) is 8.28. The Kier molecular flexibility index (Phi) is 8.95. The molecule has 4 rings (SSSR count). The third-order valence-corrected chi connectivity index (χ3v) is 6.37. The number of ether oxygens (including phenoxy) is 2. The zero-order valence-corrected chi connectivity index (χ0v) is 21.4. The number of hydrogen-bond acceptors (Lipinski definition) is 7. The second-order valence-corrected chi connectivity index (χ2v) is 9.49. The van der Waals surface area contributed by atoms with E-state index in [1.165, 1.54) is 21.8 Å². The quantitative estimate of drug-likeness (QED) is 0.335. The zero-order chi connectivity index (χ0) is 25.5. The number of methoxy groups -OCH3 is 1. The van der Waals surface area contributed by atoms with E-state index in [0.717, 1.165) is 33.3 Å². The molecule has 2 aromatic rings. The Hall–Kier alpha value is -3.30. The summed E-state index contributed by atoms with van der Waals surface area (Å²) in [5.41, 5.74) is 2.27. The maximum atomic E-state index is 12.4. The molecular weight excluding hydrogens is 466 g/mol. The smallest absolute Gasteiger partial charge is 0.332 e. The number of benzene rings is 1. The van der Waals surface area contributed by atoms with Crippen molar-refractivity contribution in [3.05, 3.63) is 63.2 Å². The van der Waals surface area contributed by atoms with Crippen LogP contribution in [0.15, 0.2) is 36.5 Å². The molecule has 0 spiro atoms. The first-order valence-corrected chi connectivity index (χ1v) is 12.3. The zero-order valence-electron chi connectivity index (χ0n) is 20.6. The summed E-state index contributed by atoms with van der Waals surface area (Å²) in [5.74, 6) is -0.314. The van der Waals surface area contributed by atoms with Gasteiger partial charge in [0.2, 0.25) is 0 Å². The number of pyridine rings is 1. The molecule has 9 heteroatoms. The molecule has 0 fully saturated rings. The van der Waals surface area contributed by atoms with Crippen molar-refractivity contribution in [3.63, 3.8) is 0 Å². The molecule has 2 aliphatic carbocycles.